The van der Waals surface area contributed by atoms with E-state index >= 15 is 0 Å². The van der Waals surface area contributed by atoms with E-state index in [4.69, 9.17) is 22.2 Å². The van der Waals surface area contributed by atoms with Gasteiger partial charge in [-0.1, -0.05) is 43.5 Å². The number of ether oxygens (including phenoxy) is 1. The number of nitrogens with two attached hydrogens (primary N) is 1. The van der Waals surface area contributed by atoms with Crippen LogP contribution in [-0.2, 0) is 0 Å². The molecule has 6 heteroatoms. The molecule has 0 saturated heterocycles. The van der Waals surface area contributed by atoms with E-state index in [1.807, 2.05) is 30.3 Å². The Labute approximate surface area is 139 Å². The van der Waals surface area contributed by atoms with Crippen LogP contribution in [-0.4, -0.2) is 7.11 Å². The Morgan fingerprint density at radius 1 is 1.15 bits per heavy atom. The SMILES string of the molecule is COc1ccc(Cl)cc1C(NN)c1cc(Br)ccc1Br. The zero-order chi connectivity index (χ0) is 14.7. The van der Waals surface area contributed by atoms with Crippen LogP contribution in [0.2, 0.25) is 5.02 Å². The maximum Gasteiger partial charge on any atom is 0.124 e. The Morgan fingerprint density at radius 3 is 2.55 bits per heavy atom. The first-order valence-corrected chi connectivity index (χ1v) is 7.77. The lowest BCUT2D eigenvalue weighted by molar-refractivity contribution is 0.404. The number of hydrogen-bond donors (Lipinski definition) is 2. The van der Waals surface area contributed by atoms with Crippen molar-refractivity contribution in [3.63, 3.8) is 0 Å². The molecule has 0 fully saturated rings. The molecule has 0 heterocycles. The predicted molar refractivity (Wildman–Crippen MR) is 89.0 cm³/mol. The first-order valence-electron chi connectivity index (χ1n) is 5.81. The highest BCUT2D eigenvalue weighted by atomic mass is 79.9. The first-order chi connectivity index (χ1) is 9.56. The first kappa shape index (κ1) is 15.8. The number of hydrazine groups is 1. The highest BCUT2D eigenvalue weighted by molar-refractivity contribution is 9.11. The van der Waals surface area contributed by atoms with Gasteiger partial charge in [-0.15, -0.1) is 0 Å². The van der Waals surface area contributed by atoms with Crippen molar-refractivity contribution in [2.75, 3.05) is 7.11 Å². The molecule has 0 aliphatic rings. The summed E-state index contributed by atoms with van der Waals surface area (Å²) in [5.41, 5.74) is 4.68. The van der Waals surface area contributed by atoms with Gasteiger partial charge in [0.1, 0.15) is 5.75 Å². The average molecular weight is 421 g/mol. The fraction of sp³-hybridized carbons (Fsp3) is 0.143. The number of nitrogens with one attached hydrogen (secondary N) is 1. The highest BCUT2D eigenvalue weighted by Crippen LogP contribution is 2.36. The minimum atomic E-state index is -0.240. The van der Waals surface area contributed by atoms with Crippen LogP contribution >= 0.6 is 43.5 Å². The molecule has 2 rings (SSSR count). The second kappa shape index (κ2) is 6.91. The molecular weight excluding hydrogens is 407 g/mol. The average Bonchev–Trinajstić information content (AvgIpc) is 2.44. The van der Waals surface area contributed by atoms with Crippen molar-refractivity contribution in [2.45, 2.75) is 6.04 Å². The van der Waals surface area contributed by atoms with Crippen LogP contribution in [0.5, 0.6) is 5.75 Å². The van der Waals surface area contributed by atoms with E-state index < -0.39 is 0 Å². The van der Waals surface area contributed by atoms with Gasteiger partial charge in [-0.2, -0.15) is 0 Å². The number of methoxy groups -OCH3 is 1. The van der Waals surface area contributed by atoms with E-state index in [-0.39, 0.29) is 6.04 Å². The normalized spacial score (nSPS) is 12.2. The molecule has 1 unspecified atom stereocenters. The number of rotatable bonds is 4. The molecular formula is C14H13Br2ClN2O. The van der Waals surface area contributed by atoms with Gasteiger partial charge in [-0.25, -0.2) is 5.43 Å². The maximum atomic E-state index is 6.09. The Hall–Kier alpha value is -0.590. The lowest BCUT2D eigenvalue weighted by atomic mass is 9.98. The number of halogens is 3. The van der Waals surface area contributed by atoms with Gasteiger partial charge in [-0.3, -0.25) is 5.84 Å². The van der Waals surface area contributed by atoms with Gasteiger partial charge >= 0.3 is 0 Å². The predicted octanol–water partition coefficient (Wildman–Crippen LogP) is 4.43. The van der Waals surface area contributed by atoms with Crippen molar-refractivity contribution >= 4 is 43.5 Å². The smallest absolute Gasteiger partial charge is 0.124 e. The van der Waals surface area contributed by atoms with Crippen LogP contribution in [0.25, 0.3) is 0 Å². The van der Waals surface area contributed by atoms with E-state index in [1.165, 1.54) is 0 Å². The lowest BCUT2D eigenvalue weighted by Gasteiger charge is -2.21. The van der Waals surface area contributed by atoms with E-state index in [2.05, 4.69) is 37.3 Å². The second-order valence-electron chi connectivity index (χ2n) is 4.15. The fourth-order valence-corrected chi connectivity index (χ4v) is 3.05. The summed E-state index contributed by atoms with van der Waals surface area (Å²) >= 11 is 13.1. The van der Waals surface area contributed by atoms with Gasteiger partial charge in [0.05, 0.1) is 13.2 Å². The molecule has 3 nitrogen and oxygen atoms in total. The van der Waals surface area contributed by atoms with Gasteiger partial charge in [0.2, 0.25) is 0 Å². The molecule has 20 heavy (non-hydrogen) atoms. The van der Waals surface area contributed by atoms with E-state index in [9.17, 15) is 0 Å². The maximum absolute atomic E-state index is 6.09. The molecule has 106 valence electrons. The third-order valence-electron chi connectivity index (χ3n) is 2.94. The molecule has 0 aliphatic heterocycles. The Kier molecular flexibility index (Phi) is 5.46. The van der Waals surface area contributed by atoms with Gasteiger partial charge in [0.15, 0.2) is 0 Å². The lowest BCUT2D eigenvalue weighted by Crippen LogP contribution is -2.29. The summed E-state index contributed by atoms with van der Waals surface area (Å²) in [4.78, 5) is 0. The van der Waals surface area contributed by atoms with Crippen molar-refractivity contribution in [3.05, 3.63) is 61.5 Å². The van der Waals surface area contributed by atoms with E-state index in [0.717, 1.165) is 25.8 Å². The van der Waals surface area contributed by atoms with Crippen LogP contribution in [0.1, 0.15) is 17.2 Å². The third-order valence-corrected chi connectivity index (χ3v) is 4.39. The second-order valence-corrected chi connectivity index (χ2v) is 6.36. The summed E-state index contributed by atoms with van der Waals surface area (Å²) in [6.45, 7) is 0. The summed E-state index contributed by atoms with van der Waals surface area (Å²) < 4.78 is 7.31. The van der Waals surface area contributed by atoms with Crippen molar-refractivity contribution < 1.29 is 4.74 Å². The quantitative estimate of drug-likeness (QED) is 0.568. The third kappa shape index (κ3) is 3.35. The summed E-state index contributed by atoms with van der Waals surface area (Å²) in [7, 11) is 1.62. The summed E-state index contributed by atoms with van der Waals surface area (Å²) in [6, 6.07) is 11.1. The zero-order valence-electron chi connectivity index (χ0n) is 10.7. The molecule has 0 amide bonds. The molecule has 2 aromatic carbocycles. The molecule has 0 spiro atoms. The molecule has 0 bridgehead atoms. The fourth-order valence-electron chi connectivity index (χ4n) is 2.01. The Balaban J connectivity index is 2.57. The van der Waals surface area contributed by atoms with Crippen LogP contribution in [0, 0.1) is 0 Å². The largest absolute Gasteiger partial charge is 0.496 e. The molecule has 0 saturated carbocycles. The highest BCUT2D eigenvalue weighted by Gasteiger charge is 2.20. The van der Waals surface area contributed by atoms with Crippen molar-refractivity contribution in [3.8, 4) is 5.75 Å². The number of hydrogen-bond acceptors (Lipinski definition) is 3. The minimum absolute atomic E-state index is 0.240. The van der Waals surface area contributed by atoms with Crippen LogP contribution in [0.3, 0.4) is 0 Å². The van der Waals surface area contributed by atoms with Crippen LogP contribution < -0.4 is 16.0 Å². The zero-order valence-corrected chi connectivity index (χ0v) is 14.6. The standard InChI is InChI=1S/C14H13Br2ClN2O/c1-20-13-5-3-9(17)7-11(13)14(19-18)10-6-8(15)2-4-12(10)16/h2-7,14,19H,18H2,1H3. The van der Waals surface area contributed by atoms with Gasteiger partial charge < -0.3 is 4.74 Å². The van der Waals surface area contributed by atoms with Crippen molar-refractivity contribution in [1.29, 1.82) is 0 Å². The van der Waals surface area contributed by atoms with E-state index in [0.29, 0.717) is 5.02 Å². The monoisotopic (exact) mass is 418 g/mol. The van der Waals surface area contributed by atoms with Gasteiger partial charge in [0, 0.05) is 19.5 Å². The van der Waals surface area contributed by atoms with Crippen molar-refractivity contribution in [2.24, 2.45) is 5.84 Å². The van der Waals surface area contributed by atoms with Crippen LogP contribution in [0.15, 0.2) is 45.3 Å². The topological polar surface area (TPSA) is 47.3 Å². The minimum Gasteiger partial charge on any atom is -0.496 e. The summed E-state index contributed by atoms with van der Waals surface area (Å²) in [5, 5.41) is 0.632. The molecule has 0 aliphatic carbocycles. The number of benzene rings is 2. The van der Waals surface area contributed by atoms with Gasteiger partial charge in [-0.05, 0) is 42.0 Å². The van der Waals surface area contributed by atoms with E-state index in [1.54, 1.807) is 13.2 Å². The van der Waals surface area contributed by atoms with Gasteiger partial charge in [0.25, 0.3) is 0 Å². The molecule has 2 aromatic rings. The summed E-state index contributed by atoms with van der Waals surface area (Å²) in [6.07, 6.45) is 0. The molecule has 0 radical (unpaired) electrons. The Morgan fingerprint density at radius 2 is 1.90 bits per heavy atom. The molecule has 3 N–H and O–H groups in total. The van der Waals surface area contributed by atoms with Crippen LogP contribution in [0.4, 0.5) is 0 Å². The Bertz CT molecular complexity index is 622. The summed E-state index contributed by atoms with van der Waals surface area (Å²) in [5.74, 6) is 6.47. The molecule has 0 aromatic heterocycles. The molecule has 1 atom stereocenters. The van der Waals surface area contributed by atoms with Crippen molar-refractivity contribution in [1.82, 2.24) is 5.43 Å².